The van der Waals surface area contributed by atoms with Gasteiger partial charge >= 0.3 is 0 Å². The van der Waals surface area contributed by atoms with Crippen molar-refractivity contribution in [2.75, 3.05) is 0 Å². The van der Waals surface area contributed by atoms with Gasteiger partial charge in [0.05, 0.1) is 12.2 Å². The lowest BCUT2D eigenvalue weighted by Gasteiger charge is -2.60. The highest BCUT2D eigenvalue weighted by Crippen LogP contribution is 2.70. The summed E-state index contributed by atoms with van der Waals surface area (Å²) in [6, 6.07) is 0. The van der Waals surface area contributed by atoms with E-state index >= 15 is 0 Å². The van der Waals surface area contributed by atoms with Crippen molar-refractivity contribution in [3.8, 4) is 0 Å². The van der Waals surface area contributed by atoms with Crippen LogP contribution in [0.25, 0.3) is 0 Å². The van der Waals surface area contributed by atoms with E-state index in [2.05, 4.69) is 33.1 Å². The van der Waals surface area contributed by atoms with Crippen LogP contribution in [0.2, 0.25) is 0 Å². The van der Waals surface area contributed by atoms with Crippen LogP contribution in [0, 0.1) is 52.3 Å². The number of carbonyl (C=O) groups excluding carboxylic acids is 1. The third-order valence-corrected chi connectivity index (χ3v) is 11.8. The van der Waals surface area contributed by atoms with Crippen LogP contribution in [-0.4, -0.2) is 18.1 Å². The third kappa shape index (κ3) is 3.58. The summed E-state index contributed by atoms with van der Waals surface area (Å²) in [5, 5.41) is 0. The molecular formula is C28H48N2O2. The van der Waals surface area contributed by atoms with Gasteiger partial charge in [-0.05, 0) is 110 Å². The zero-order chi connectivity index (χ0) is 22.7. The van der Waals surface area contributed by atoms with Gasteiger partial charge in [-0.2, -0.15) is 0 Å². The van der Waals surface area contributed by atoms with Crippen LogP contribution in [-0.2, 0) is 9.53 Å². The van der Waals surface area contributed by atoms with Crippen molar-refractivity contribution in [1.29, 1.82) is 0 Å². The normalized spacial score (nSPS) is 50.7. The van der Waals surface area contributed by atoms with Gasteiger partial charge in [-0.15, -0.1) is 0 Å². The molecule has 0 aromatic heterocycles. The van der Waals surface area contributed by atoms with Crippen molar-refractivity contribution in [3.63, 3.8) is 0 Å². The quantitative estimate of drug-likeness (QED) is 0.318. The Hall–Kier alpha value is -0.610. The number of amides is 1. The Morgan fingerprint density at radius 2 is 1.91 bits per heavy atom. The van der Waals surface area contributed by atoms with E-state index < -0.39 is 0 Å². The van der Waals surface area contributed by atoms with Gasteiger partial charge in [0.1, 0.15) is 0 Å². The molecule has 1 amide bonds. The summed E-state index contributed by atoms with van der Waals surface area (Å²) in [4.78, 5) is 11.6. The van der Waals surface area contributed by atoms with E-state index in [4.69, 9.17) is 10.6 Å². The number of hydrogen-bond acceptors (Lipinski definition) is 3. The molecule has 5 rings (SSSR count). The van der Waals surface area contributed by atoms with E-state index in [-0.39, 0.29) is 5.91 Å². The summed E-state index contributed by atoms with van der Waals surface area (Å²) >= 11 is 0. The molecule has 4 aliphatic carbocycles. The van der Waals surface area contributed by atoms with Gasteiger partial charge in [-0.1, -0.05) is 40.5 Å². The molecule has 5 aliphatic rings. The number of rotatable bonds is 5. The Morgan fingerprint density at radius 3 is 2.69 bits per heavy atom. The van der Waals surface area contributed by atoms with Crippen LogP contribution in [0.3, 0.4) is 0 Å². The second-order valence-corrected chi connectivity index (χ2v) is 13.2. The summed E-state index contributed by atoms with van der Waals surface area (Å²) in [5.41, 5.74) is 3.37. The molecule has 3 N–H and O–H groups in total. The van der Waals surface area contributed by atoms with Crippen molar-refractivity contribution in [2.45, 2.75) is 117 Å². The van der Waals surface area contributed by atoms with Crippen LogP contribution >= 0.6 is 0 Å². The smallest absolute Gasteiger partial charge is 0.234 e. The van der Waals surface area contributed by atoms with E-state index in [0.717, 1.165) is 42.4 Å². The molecular weight excluding hydrogens is 396 g/mol. The van der Waals surface area contributed by atoms with Crippen LogP contribution in [0.5, 0.6) is 0 Å². The molecule has 182 valence electrons. The molecule has 5 fully saturated rings. The lowest BCUT2D eigenvalue weighted by molar-refractivity contribution is -0.122. The molecule has 4 nitrogen and oxygen atoms in total. The molecule has 0 spiro atoms. The van der Waals surface area contributed by atoms with E-state index in [1.54, 1.807) is 0 Å². The van der Waals surface area contributed by atoms with Crippen LogP contribution in [0.1, 0.15) is 105 Å². The number of nitrogens with one attached hydrogen (secondary N) is 1. The van der Waals surface area contributed by atoms with Crippen molar-refractivity contribution < 1.29 is 9.53 Å². The third-order valence-electron chi connectivity index (χ3n) is 11.8. The predicted octanol–water partition coefficient (Wildman–Crippen LogP) is 5.85. The van der Waals surface area contributed by atoms with Gasteiger partial charge < -0.3 is 4.74 Å². The Balaban J connectivity index is 1.26. The second-order valence-electron chi connectivity index (χ2n) is 13.2. The van der Waals surface area contributed by atoms with Gasteiger partial charge in [-0.3, -0.25) is 10.2 Å². The summed E-state index contributed by atoms with van der Waals surface area (Å²) in [7, 11) is 0. The SMILES string of the molecule is CC(CCC1O[C@H]2C[C@H]3[C@@H]4CCC5CCCC[C@]5(C)[C@H]4CC[C@]3(C)[C@H]2[C@@H]1C)CC(=O)NN. The summed E-state index contributed by atoms with van der Waals surface area (Å²) in [6.07, 6.45) is 16.6. The molecule has 0 aromatic carbocycles. The zero-order valence-corrected chi connectivity index (χ0v) is 21.1. The molecule has 4 saturated carbocycles. The number of hydrazine groups is 1. The fourth-order valence-corrected chi connectivity index (χ4v) is 10.2. The maximum Gasteiger partial charge on any atom is 0.234 e. The minimum Gasteiger partial charge on any atom is -0.374 e. The van der Waals surface area contributed by atoms with Crippen molar-refractivity contribution in [1.82, 2.24) is 5.43 Å². The van der Waals surface area contributed by atoms with Gasteiger partial charge in [0.15, 0.2) is 0 Å². The van der Waals surface area contributed by atoms with E-state index in [1.807, 2.05) is 0 Å². The first-order chi connectivity index (χ1) is 15.3. The number of fused-ring (bicyclic) bond motifs is 7. The number of nitrogens with two attached hydrogens (primary N) is 1. The molecule has 1 saturated heterocycles. The largest absolute Gasteiger partial charge is 0.374 e. The van der Waals surface area contributed by atoms with Crippen LogP contribution in [0.15, 0.2) is 0 Å². The maximum atomic E-state index is 11.6. The Bertz CT molecular complexity index is 712. The van der Waals surface area contributed by atoms with Gasteiger partial charge in [0, 0.05) is 6.42 Å². The Kier molecular flexibility index (Phi) is 6.19. The van der Waals surface area contributed by atoms with E-state index in [1.165, 1.54) is 57.8 Å². The highest BCUT2D eigenvalue weighted by atomic mass is 16.5. The van der Waals surface area contributed by atoms with Crippen LogP contribution in [0.4, 0.5) is 0 Å². The molecule has 3 unspecified atom stereocenters. The molecule has 32 heavy (non-hydrogen) atoms. The predicted molar refractivity (Wildman–Crippen MR) is 128 cm³/mol. The minimum absolute atomic E-state index is 0.0525. The fourth-order valence-electron chi connectivity index (χ4n) is 10.2. The van der Waals surface area contributed by atoms with E-state index in [9.17, 15) is 4.79 Å². The maximum absolute atomic E-state index is 11.6. The fraction of sp³-hybridized carbons (Fsp3) is 0.964. The molecule has 0 bridgehead atoms. The topological polar surface area (TPSA) is 64.3 Å². The monoisotopic (exact) mass is 444 g/mol. The summed E-state index contributed by atoms with van der Waals surface area (Å²) in [5.74, 6) is 10.8. The van der Waals surface area contributed by atoms with Gasteiger partial charge in [0.2, 0.25) is 5.91 Å². The lowest BCUT2D eigenvalue weighted by Crippen LogP contribution is -2.53. The standard InChI is InChI=1S/C28H48N2O2/c1-17(15-25(31)30-29)8-11-23-18(2)26-24(32-23)16-22-20-10-9-19-7-5-6-13-27(19,3)21(20)12-14-28(22,26)4/h17-24,26H,5-16,29H2,1-4H3,(H,30,31)/t17?,18-,19?,20-,21+,22+,23?,24+,26+,27+,28+/m1/s1. The molecule has 0 aromatic rings. The first-order valence-corrected chi connectivity index (χ1v) is 13.9. The molecule has 0 radical (unpaired) electrons. The summed E-state index contributed by atoms with van der Waals surface area (Å²) < 4.78 is 6.82. The lowest BCUT2D eigenvalue weighted by atomic mass is 9.44. The number of carbonyl (C=O) groups is 1. The first-order valence-electron chi connectivity index (χ1n) is 13.9. The Morgan fingerprint density at radius 1 is 1.09 bits per heavy atom. The minimum atomic E-state index is -0.0525. The number of hydrogen-bond donors (Lipinski definition) is 2. The van der Waals surface area contributed by atoms with Gasteiger partial charge in [-0.25, -0.2) is 5.84 Å². The molecule has 1 aliphatic heterocycles. The average Bonchev–Trinajstić information content (AvgIpc) is 3.25. The summed E-state index contributed by atoms with van der Waals surface area (Å²) in [6.45, 7) is 9.99. The molecule has 1 heterocycles. The van der Waals surface area contributed by atoms with Crippen molar-refractivity contribution in [3.05, 3.63) is 0 Å². The average molecular weight is 445 g/mol. The van der Waals surface area contributed by atoms with Crippen LogP contribution < -0.4 is 11.3 Å². The first kappa shape index (κ1) is 23.1. The Labute approximate surface area is 196 Å². The van der Waals surface area contributed by atoms with Crippen molar-refractivity contribution >= 4 is 5.91 Å². The molecule has 11 atom stereocenters. The van der Waals surface area contributed by atoms with Gasteiger partial charge in [0.25, 0.3) is 0 Å². The second kappa shape index (κ2) is 8.56. The van der Waals surface area contributed by atoms with Crippen molar-refractivity contribution in [2.24, 2.45) is 58.1 Å². The highest BCUT2D eigenvalue weighted by molar-refractivity contribution is 5.75. The molecule has 4 heteroatoms. The van der Waals surface area contributed by atoms with E-state index in [0.29, 0.717) is 41.3 Å². The highest BCUT2D eigenvalue weighted by Gasteiger charge is 2.65. The zero-order valence-electron chi connectivity index (χ0n) is 21.1. The number of ether oxygens (including phenoxy) is 1.